The molecule has 45 heavy (non-hydrogen) atoms. The maximum atomic E-state index is 12.5. The molecule has 0 saturated heterocycles. The third kappa shape index (κ3) is 32.0. The van der Waals surface area contributed by atoms with E-state index in [1.807, 2.05) is 39.4 Å². The number of hydrogen-bond acceptors (Lipinski definition) is 8. The zero-order valence-corrected chi connectivity index (χ0v) is 29.9. The fraction of sp³-hybridized carbons (Fsp3) is 0.771. The number of ether oxygens (including phenoxy) is 2. The molecule has 0 aliphatic heterocycles. The van der Waals surface area contributed by atoms with Crippen molar-refractivity contribution < 1.29 is 42.1 Å². The summed E-state index contributed by atoms with van der Waals surface area (Å²) in [6.45, 7) is 4.02. The van der Waals surface area contributed by atoms with Crippen LogP contribution in [0.1, 0.15) is 123 Å². The number of rotatable bonds is 30. The van der Waals surface area contributed by atoms with Crippen molar-refractivity contribution in [1.82, 2.24) is 0 Å². The van der Waals surface area contributed by atoms with Crippen molar-refractivity contribution in [2.45, 2.75) is 129 Å². The van der Waals surface area contributed by atoms with Crippen LogP contribution in [0.3, 0.4) is 0 Å². The van der Waals surface area contributed by atoms with Crippen LogP contribution in [-0.2, 0) is 32.7 Å². The van der Waals surface area contributed by atoms with Gasteiger partial charge in [-0.2, -0.15) is 0 Å². The molecule has 0 amide bonds. The minimum Gasteiger partial charge on any atom is -0.756 e. The van der Waals surface area contributed by atoms with Crippen LogP contribution < -0.4 is 4.89 Å². The van der Waals surface area contributed by atoms with Gasteiger partial charge in [0.1, 0.15) is 19.8 Å². The molecular weight excluding hydrogens is 593 g/mol. The Kier molecular flexibility index (Phi) is 27.3. The van der Waals surface area contributed by atoms with Crippen molar-refractivity contribution in [2.75, 3.05) is 47.5 Å². The van der Waals surface area contributed by atoms with Gasteiger partial charge < -0.3 is 27.9 Å². The first-order chi connectivity index (χ1) is 21.5. The van der Waals surface area contributed by atoms with E-state index in [1.165, 1.54) is 57.8 Å². The van der Waals surface area contributed by atoms with Crippen LogP contribution >= 0.6 is 7.82 Å². The van der Waals surface area contributed by atoms with Gasteiger partial charge in [0.15, 0.2) is 6.10 Å². The Morgan fingerprint density at radius 2 is 1.20 bits per heavy atom. The molecule has 0 heterocycles. The molecule has 2 unspecified atom stereocenters. The molecule has 10 heteroatoms. The van der Waals surface area contributed by atoms with E-state index in [0.29, 0.717) is 23.9 Å². The van der Waals surface area contributed by atoms with Gasteiger partial charge in [-0.3, -0.25) is 14.2 Å². The summed E-state index contributed by atoms with van der Waals surface area (Å²) in [7, 11) is 1.11. The second-order valence-electron chi connectivity index (χ2n) is 12.5. The van der Waals surface area contributed by atoms with Gasteiger partial charge in [0.2, 0.25) is 0 Å². The summed E-state index contributed by atoms with van der Waals surface area (Å²) in [6.07, 6.45) is 27.9. The average Bonchev–Trinajstić information content (AvgIpc) is 2.97. The maximum absolute atomic E-state index is 12.5. The van der Waals surface area contributed by atoms with Gasteiger partial charge in [-0.25, -0.2) is 0 Å². The Balaban J connectivity index is 4.63. The first-order valence-electron chi connectivity index (χ1n) is 17.2. The van der Waals surface area contributed by atoms with Gasteiger partial charge in [-0.15, -0.1) is 0 Å². The Morgan fingerprint density at radius 1 is 0.689 bits per heavy atom. The van der Waals surface area contributed by atoms with Gasteiger partial charge >= 0.3 is 11.9 Å². The lowest BCUT2D eigenvalue weighted by molar-refractivity contribution is -0.870. The number of likely N-dealkylation sites (N-methyl/N-ethyl adjacent to an activating group) is 1. The Bertz CT molecular complexity index is 881. The number of carbonyl (C=O) groups excluding carboxylic acids is 2. The van der Waals surface area contributed by atoms with Gasteiger partial charge in [-0.1, -0.05) is 102 Å². The van der Waals surface area contributed by atoms with Crippen LogP contribution in [0.25, 0.3) is 0 Å². The molecule has 0 aromatic carbocycles. The molecule has 0 saturated carbocycles. The van der Waals surface area contributed by atoms with Crippen LogP contribution in [0.4, 0.5) is 0 Å². The van der Waals surface area contributed by atoms with Crippen molar-refractivity contribution in [3.05, 3.63) is 36.5 Å². The summed E-state index contributed by atoms with van der Waals surface area (Å²) in [5, 5.41) is 0. The van der Waals surface area contributed by atoms with Gasteiger partial charge in [0.25, 0.3) is 7.82 Å². The van der Waals surface area contributed by atoms with Crippen molar-refractivity contribution in [1.29, 1.82) is 0 Å². The molecule has 0 aromatic rings. The lowest BCUT2D eigenvalue weighted by Gasteiger charge is -2.28. The van der Waals surface area contributed by atoms with E-state index in [0.717, 1.165) is 25.7 Å². The van der Waals surface area contributed by atoms with Crippen molar-refractivity contribution in [2.24, 2.45) is 0 Å². The molecule has 9 nitrogen and oxygen atoms in total. The highest BCUT2D eigenvalue weighted by atomic mass is 31.2. The topological polar surface area (TPSA) is 111 Å². The zero-order valence-electron chi connectivity index (χ0n) is 29.1. The Hall–Kier alpha value is -1.77. The fourth-order valence-corrected chi connectivity index (χ4v) is 4.86. The minimum atomic E-state index is -4.63. The molecular formula is C35H64NO8P. The summed E-state index contributed by atoms with van der Waals surface area (Å²) in [4.78, 5) is 37.0. The number of phosphoric ester groups is 1. The minimum absolute atomic E-state index is 0.0452. The number of hydrogen-bond donors (Lipinski definition) is 0. The highest BCUT2D eigenvalue weighted by molar-refractivity contribution is 7.45. The van der Waals surface area contributed by atoms with Crippen LogP contribution in [0.15, 0.2) is 36.5 Å². The maximum Gasteiger partial charge on any atom is 0.306 e. The SMILES string of the molecule is CCCCCC/C=C/CCC(=O)OCC(COP(=O)([O-])OCC[N+](C)(C)C)OC(=O)CC/C=C/C/C=C/CCCCCCCC. The van der Waals surface area contributed by atoms with E-state index in [2.05, 4.69) is 32.1 Å². The molecule has 0 aromatic heterocycles. The smallest absolute Gasteiger partial charge is 0.306 e. The highest BCUT2D eigenvalue weighted by Crippen LogP contribution is 2.38. The molecule has 262 valence electrons. The van der Waals surface area contributed by atoms with E-state index in [1.54, 1.807) is 0 Å². The second kappa shape index (κ2) is 28.5. The van der Waals surface area contributed by atoms with Crippen molar-refractivity contribution in [3.8, 4) is 0 Å². The number of phosphoric acid groups is 1. The average molecular weight is 658 g/mol. The molecule has 2 atom stereocenters. The van der Waals surface area contributed by atoms with Gasteiger partial charge in [0.05, 0.1) is 27.7 Å². The lowest BCUT2D eigenvalue weighted by atomic mass is 10.1. The monoisotopic (exact) mass is 657 g/mol. The largest absolute Gasteiger partial charge is 0.756 e. The van der Waals surface area contributed by atoms with E-state index in [-0.39, 0.29) is 26.1 Å². The third-order valence-corrected chi connectivity index (χ3v) is 7.87. The number of nitrogens with zero attached hydrogens (tertiary/aromatic N) is 1. The number of unbranched alkanes of at least 4 members (excludes halogenated alkanes) is 10. The van der Waals surface area contributed by atoms with E-state index < -0.39 is 32.5 Å². The van der Waals surface area contributed by atoms with E-state index >= 15 is 0 Å². The summed E-state index contributed by atoms with van der Waals surface area (Å²) >= 11 is 0. The van der Waals surface area contributed by atoms with Crippen LogP contribution in [0.2, 0.25) is 0 Å². The van der Waals surface area contributed by atoms with Crippen LogP contribution in [0.5, 0.6) is 0 Å². The molecule has 0 N–H and O–H groups in total. The molecule has 0 rings (SSSR count). The Morgan fingerprint density at radius 3 is 1.82 bits per heavy atom. The fourth-order valence-electron chi connectivity index (χ4n) is 4.13. The van der Waals surface area contributed by atoms with Crippen LogP contribution in [-0.4, -0.2) is 70.0 Å². The zero-order chi connectivity index (χ0) is 33.7. The lowest BCUT2D eigenvalue weighted by Crippen LogP contribution is -2.37. The first-order valence-corrected chi connectivity index (χ1v) is 18.7. The molecule has 0 bridgehead atoms. The molecule has 0 aliphatic carbocycles. The second-order valence-corrected chi connectivity index (χ2v) is 13.9. The number of quaternary nitrogens is 1. The molecule has 0 spiro atoms. The molecule has 0 radical (unpaired) electrons. The molecule has 0 aliphatic rings. The highest BCUT2D eigenvalue weighted by Gasteiger charge is 2.21. The van der Waals surface area contributed by atoms with Crippen LogP contribution in [0, 0.1) is 0 Å². The summed E-state index contributed by atoms with van der Waals surface area (Å²) < 4.78 is 33.4. The quantitative estimate of drug-likeness (QED) is 0.0251. The normalized spacial score (nSPS) is 14.4. The van der Waals surface area contributed by atoms with Crippen molar-refractivity contribution in [3.63, 3.8) is 0 Å². The third-order valence-electron chi connectivity index (χ3n) is 6.91. The first kappa shape index (κ1) is 43.2. The predicted molar refractivity (Wildman–Crippen MR) is 181 cm³/mol. The summed E-state index contributed by atoms with van der Waals surface area (Å²) in [5.74, 6) is -0.982. The standard InChI is InChI=1S/C35H64NO8P/c1-6-8-10-12-14-16-17-18-19-20-22-24-26-28-35(38)44-33(32-43-45(39,40)42-30-29-36(3,4)5)31-41-34(37)27-25-23-21-15-13-11-9-7-2/h18-19,21-24,33H,6-17,20,25-32H2,1-5H3/b19-18+,23-21+,24-22+. The van der Waals surface area contributed by atoms with Crippen molar-refractivity contribution >= 4 is 19.8 Å². The van der Waals surface area contributed by atoms with E-state index in [9.17, 15) is 19.0 Å². The number of esters is 2. The van der Waals surface area contributed by atoms with E-state index in [4.69, 9.17) is 18.5 Å². The summed E-state index contributed by atoms with van der Waals surface area (Å²) in [5.41, 5.74) is 0. The summed E-state index contributed by atoms with van der Waals surface area (Å²) in [6, 6.07) is 0. The van der Waals surface area contributed by atoms with Gasteiger partial charge in [0, 0.05) is 12.8 Å². The van der Waals surface area contributed by atoms with Gasteiger partial charge in [-0.05, 0) is 44.9 Å². The predicted octanol–water partition coefficient (Wildman–Crippen LogP) is 7.99. The molecule has 0 fully saturated rings. The Labute approximate surface area is 274 Å². The number of carbonyl (C=O) groups is 2. The number of allylic oxidation sites excluding steroid dienone is 6.